The van der Waals surface area contributed by atoms with Gasteiger partial charge >= 0.3 is 0 Å². The molecule has 2 aromatic carbocycles. The summed E-state index contributed by atoms with van der Waals surface area (Å²) < 4.78 is 18.7. The monoisotopic (exact) mass is 399 g/mol. The number of rotatable bonds is 7. The average Bonchev–Trinajstić information content (AvgIpc) is 3.46. The van der Waals surface area contributed by atoms with Crippen LogP contribution in [0.3, 0.4) is 0 Å². The molecule has 0 aliphatic carbocycles. The Morgan fingerprint density at radius 1 is 1.00 bits per heavy atom. The van der Waals surface area contributed by atoms with Gasteiger partial charge in [-0.15, -0.1) is 0 Å². The predicted molar refractivity (Wildman–Crippen MR) is 113 cm³/mol. The summed E-state index contributed by atoms with van der Waals surface area (Å²) in [5.74, 6) is 2.16. The van der Waals surface area contributed by atoms with Gasteiger partial charge in [0.25, 0.3) is 0 Å². The van der Waals surface area contributed by atoms with Crippen LogP contribution in [0.2, 0.25) is 0 Å². The summed E-state index contributed by atoms with van der Waals surface area (Å²) >= 11 is 0. The lowest BCUT2D eigenvalue weighted by Crippen LogP contribution is -2.33. The molecule has 0 bridgehead atoms. The van der Waals surface area contributed by atoms with Crippen LogP contribution in [-0.4, -0.2) is 24.8 Å². The van der Waals surface area contributed by atoms with Crippen LogP contribution >= 0.6 is 0 Å². The van der Waals surface area contributed by atoms with Crippen molar-refractivity contribution in [2.24, 2.45) is 0 Å². The number of epoxide rings is 1. The fourth-order valence-corrected chi connectivity index (χ4v) is 3.52. The Bertz CT molecular complexity index is 1130. The lowest BCUT2D eigenvalue weighted by atomic mass is 10.1. The van der Waals surface area contributed by atoms with Crippen LogP contribution in [0.5, 0.6) is 5.75 Å². The molecule has 1 atom stereocenters. The zero-order valence-corrected chi connectivity index (χ0v) is 16.8. The summed E-state index contributed by atoms with van der Waals surface area (Å²) in [6.07, 6.45) is 7.29. The molecule has 3 heterocycles. The van der Waals surface area contributed by atoms with Gasteiger partial charge in [-0.1, -0.05) is 18.2 Å². The molecule has 5 nitrogen and oxygen atoms in total. The molecule has 0 saturated carbocycles. The number of oxazole rings is 1. The van der Waals surface area contributed by atoms with Gasteiger partial charge < -0.3 is 13.9 Å². The maximum absolute atomic E-state index is 5.97. The van der Waals surface area contributed by atoms with Gasteiger partial charge in [-0.25, -0.2) is 9.55 Å². The molecule has 2 aromatic heterocycles. The Hall–Kier alpha value is -3.44. The van der Waals surface area contributed by atoms with E-state index in [0.717, 1.165) is 42.2 Å². The van der Waals surface area contributed by atoms with Crippen LogP contribution in [0, 0.1) is 0 Å². The predicted octanol–water partition coefficient (Wildman–Crippen LogP) is 4.29. The van der Waals surface area contributed by atoms with E-state index in [0.29, 0.717) is 12.0 Å². The standard InChI is InChI=1S/C25H23N2O3/c1-28-22-7-5-20(6-8-22)24-15-26-25(30-24)21-9-11-27(12-10-21)16-19-4-2-3-18(13-19)14-23-17-29-23/h2-13,15,23H,14,16-17H2,1H3/q+1. The summed E-state index contributed by atoms with van der Waals surface area (Å²) in [5, 5.41) is 0. The van der Waals surface area contributed by atoms with Crippen molar-refractivity contribution in [2.45, 2.75) is 19.1 Å². The molecule has 1 aliphatic heterocycles. The summed E-state index contributed by atoms with van der Waals surface area (Å²) in [7, 11) is 1.66. The topological polar surface area (TPSA) is 51.7 Å². The normalized spacial score (nSPS) is 15.2. The molecule has 5 heteroatoms. The average molecular weight is 399 g/mol. The lowest BCUT2D eigenvalue weighted by Gasteiger charge is -2.02. The first kappa shape index (κ1) is 18.6. The molecular weight excluding hydrogens is 376 g/mol. The fraction of sp³-hybridized carbons (Fsp3) is 0.200. The first-order valence-corrected chi connectivity index (χ1v) is 10.1. The van der Waals surface area contributed by atoms with E-state index in [1.807, 2.05) is 36.4 Å². The molecule has 150 valence electrons. The summed E-state index contributed by atoms with van der Waals surface area (Å²) in [6, 6.07) is 20.5. The van der Waals surface area contributed by atoms with Gasteiger partial charge in [0, 0.05) is 35.2 Å². The van der Waals surface area contributed by atoms with Crippen LogP contribution in [0.15, 0.2) is 83.7 Å². The summed E-state index contributed by atoms with van der Waals surface area (Å²) in [4.78, 5) is 4.45. The minimum Gasteiger partial charge on any atom is -0.497 e. The van der Waals surface area contributed by atoms with Gasteiger partial charge in [-0.05, 0) is 35.9 Å². The Kier molecular flexibility index (Phi) is 5.03. The smallest absolute Gasteiger partial charge is 0.227 e. The number of ether oxygens (including phenoxy) is 2. The number of nitrogens with zero attached hydrogens (tertiary/aromatic N) is 2. The zero-order valence-electron chi connectivity index (χ0n) is 16.8. The SMILES string of the molecule is COc1ccc(-c2cnc(-c3cc[n+](Cc4cccc(CC5CO5)c4)cc3)o2)cc1. The molecule has 30 heavy (non-hydrogen) atoms. The molecule has 4 aromatic rings. The highest BCUT2D eigenvalue weighted by atomic mass is 16.6. The van der Waals surface area contributed by atoms with E-state index < -0.39 is 0 Å². The maximum Gasteiger partial charge on any atom is 0.227 e. The van der Waals surface area contributed by atoms with Gasteiger partial charge in [0.2, 0.25) is 5.89 Å². The number of hydrogen-bond acceptors (Lipinski definition) is 4. The van der Waals surface area contributed by atoms with E-state index in [9.17, 15) is 0 Å². The second kappa shape index (κ2) is 8.13. The minimum absolute atomic E-state index is 0.413. The largest absolute Gasteiger partial charge is 0.497 e. The van der Waals surface area contributed by atoms with E-state index in [4.69, 9.17) is 13.9 Å². The molecule has 1 saturated heterocycles. The van der Waals surface area contributed by atoms with Crippen molar-refractivity contribution >= 4 is 0 Å². The Labute approximate surface area is 175 Å². The van der Waals surface area contributed by atoms with E-state index in [1.165, 1.54) is 11.1 Å². The minimum atomic E-state index is 0.413. The number of methoxy groups -OCH3 is 1. The third kappa shape index (κ3) is 4.26. The number of aromatic nitrogens is 2. The second-order valence-electron chi connectivity index (χ2n) is 7.50. The van der Waals surface area contributed by atoms with Crippen molar-refractivity contribution in [1.29, 1.82) is 0 Å². The fourth-order valence-electron chi connectivity index (χ4n) is 3.52. The van der Waals surface area contributed by atoms with Crippen molar-refractivity contribution in [1.82, 2.24) is 4.98 Å². The third-order valence-corrected chi connectivity index (χ3v) is 5.24. The summed E-state index contributed by atoms with van der Waals surface area (Å²) in [6.45, 7) is 1.71. The van der Waals surface area contributed by atoms with E-state index in [2.05, 4.69) is 46.2 Å². The molecule has 5 rings (SSSR count). The van der Waals surface area contributed by atoms with Gasteiger partial charge in [0.1, 0.15) is 5.75 Å². The van der Waals surface area contributed by atoms with Crippen LogP contribution in [0.25, 0.3) is 22.8 Å². The molecule has 0 spiro atoms. The van der Waals surface area contributed by atoms with Gasteiger partial charge in [0.15, 0.2) is 24.7 Å². The molecule has 1 unspecified atom stereocenters. The Morgan fingerprint density at radius 2 is 1.77 bits per heavy atom. The highest BCUT2D eigenvalue weighted by Crippen LogP contribution is 2.27. The van der Waals surface area contributed by atoms with Crippen molar-refractivity contribution in [3.63, 3.8) is 0 Å². The van der Waals surface area contributed by atoms with E-state index in [-0.39, 0.29) is 0 Å². The highest BCUT2D eigenvalue weighted by molar-refractivity contribution is 5.61. The van der Waals surface area contributed by atoms with Crippen LogP contribution < -0.4 is 9.30 Å². The van der Waals surface area contributed by atoms with Crippen LogP contribution in [0.4, 0.5) is 0 Å². The zero-order chi connectivity index (χ0) is 20.3. The quantitative estimate of drug-likeness (QED) is 0.344. The Morgan fingerprint density at radius 3 is 2.50 bits per heavy atom. The maximum atomic E-state index is 5.97. The van der Waals surface area contributed by atoms with Gasteiger partial charge in [-0.3, -0.25) is 0 Å². The Balaban J connectivity index is 1.28. The molecule has 0 N–H and O–H groups in total. The molecule has 0 radical (unpaired) electrons. The molecule has 1 fully saturated rings. The van der Waals surface area contributed by atoms with Crippen molar-refractivity contribution in [3.05, 3.63) is 90.4 Å². The van der Waals surface area contributed by atoms with E-state index >= 15 is 0 Å². The summed E-state index contributed by atoms with van der Waals surface area (Å²) in [5.41, 5.74) is 4.53. The van der Waals surface area contributed by atoms with E-state index in [1.54, 1.807) is 13.3 Å². The number of benzene rings is 2. The van der Waals surface area contributed by atoms with Crippen molar-refractivity contribution in [2.75, 3.05) is 13.7 Å². The second-order valence-corrected chi connectivity index (χ2v) is 7.50. The van der Waals surface area contributed by atoms with Gasteiger partial charge in [0.05, 0.1) is 26.0 Å². The van der Waals surface area contributed by atoms with Crippen molar-refractivity contribution in [3.8, 4) is 28.5 Å². The number of hydrogen-bond donors (Lipinski definition) is 0. The number of pyridine rings is 1. The van der Waals surface area contributed by atoms with Crippen LogP contribution in [0.1, 0.15) is 11.1 Å². The first-order valence-electron chi connectivity index (χ1n) is 10.1. The first-order chi connectivity index (χ1) is 14.8. The molecule has 1 aliphatic rings. The molecular formula is C25H23N2O3+. The van der Waals surface area contributed by atoms with Gasteiger partial charge in [-0.2, -0.15) is 0 Å². The molecule has 0 amide bonds. The van der Waals surface area contributed by atoms with Crippen LogP contribution in [-0.2, 0) is 17.7 Å². The van der Waals surface area contributed by atoms with Crippen molar-refractivity contribution < 1.29 is 18.5 Å². The lowest BCUT2D eigenvalue weighted by molar-refractivity contribution is -0.688. The third-order valence-electron chi connectivity index (χ3n) is 5.24. The highest BCUT2D eigenvalue weighted by Gasteiger charge is 2.22.